The Hall–Kier alpha value is -2.64. The van der Waals surface area contributed by atoms with Crippen LogP contribution >= 0.6 is 0 Å². The first-order valence-corrected chi connectivity index (χ1v) is 10.3. The first-order valence-electron chi connectivity index (χ1n) is 10.3. The second-order valence-electron chi connectivity index (χ2n) is 8.41. The summed E-state index contributed by atoms with van der Waals surface area (Å²) in [5, 5.41) is 10.7. The minimum Gasteiger partial charge on any atom is -0.430 e. The SMILES string of the molecule is C[C@H]1[C@H]2CCCC(=O)N3CCC[C@]23CC[C@H]1OC(=O)Oc1ccc([N+](=O)[O-])cc1. The van der Waals surface area contributed by atoms with E-state index in [0.717, 1.165) is 38.6 Å². The topological polar surface area (TPSA) is 99.0 Å². The number of nitrogens with zero attached hydrogens (tertiary/aromatic N) is 2. The molecule has 1 aliphatic carbocycles. The number of nitro groups is 1. The fourth-order valence-corrected chi connectivity index (χ4v) is 5.69. The Morgan fingerprint density at radius 2 is 1.97 bits per heavy atom. The Morgan fingerprint density at radius 1 is 1.21 bits per heavy atom. The molecule has 2 aliphatic heterocycles. The molecule has 2 saturated heterocycles. The van der Waals surface area contributed by atoms with Crippen molar-refractivity contribution in [3.8, 4) is 5.75 Å². The molecule has 8 heteroatoms. The van der Waals surface area contributed by atoms with Crippen LogP contribution in [-0.4, -0.2) is 40.1 Å². The Bertz CT molecular complexity index is 810. The molecule has 4 atom stereocenters. The molecule has 0 N–H and O–H groups in total. The maximum absolute atomic E-state index is 12.6. The van der Waals surface area contributed by atoms with E-state index in [1.54, 1.807) is 0 Å². The third-order valence-electron chi connectivity index (χ3n) is 7.01. The number of benzene rings is 1. The molecule has 1 amide bonds. The van der Waals surface area contributed by atoms with Crippen molar-refractivity contribution in [1.29, 1.82) is 0 Å². The zero-order valence-corrected chi connectivity index (χ0v) is 16.5. The van der Waals surface area contributed by atoms with Gasteiger partial charge >= 0.3 is 6.16 Å². The molecule has 0 radical (unpaired) electrons. The Morgan fingerprint density at radius 3 is 2.69 bits per heavy atom. The largest absolute Gasteiger partial charge is 0.514 e. The number of amides is 1. The molecule has 1 aromatic rings. The molecule has 0 unspecified atom stereocenters. The minimum atomic E-state index is -0.792. The summed E-state index contributed by atoms with van der Waals surface area (Å²) in [5.41, 5.74) is -0.143. The third-order valence-corrected chi connectivity index (χ3v) is 7.01. The van der Waals surface area contributed by atoms with Crippen LogP contribution in [0.3, 0.4) is 0 Å². The highest BCUT2D eigenvalue weighted by atomic mass is 16.7. The average molecular weight is 402 g/mol. The van der Waals surface area contributed by atoms with Gasteiger partial charge in [-0.1, -0.05) is 6.92 Å². The number of rotatable bonds is 3. The van der Waals surface area contributed by atoms with Crippen LogP contribution in [0.4, 0.5) is 10.5 Å². The van der Waals surface area contributed by atoms with Crippen LogP contribution in [0.15, 0.2) is 24.3 Å². The molecule has 8 nitrogen and oxygen atoms in total. The summed E-state index contributed by atoms with van der Waals surface area (Å²) >= 11 is 0. The highest BCUT2D eigenvalue weighted by Crippen LogP contribution is 2.52. The van der Waals surface area contributed by atoms with E-state index in [1.165, 1.54) is 24.3 Å². The molecular formula is C21H26N2O6. The molecule has 3 fully saturated rings. The quantitative estimate of drug-likeness (QED) is 0.327. The number of hydrogen-bond acceptors (Lipinski definition) is 6. The first kappa shape index (κ1) is 19.7. The van der Waals surface area contributed by atoms with E-state index in [-0.39, 0.29) is 34.9 Å². The zero-order chi connectivity index (χ0) is 20.6. The highest BCUT2D eigenvalue weighted by Gasteiger charge is 2.55. The van der Waals surface area contributed by atoms with Gasteiger partial charge in [0, 0.05) is 30.6 Å². The average Bonchev–Trinajstić information content (AvgIpc) is 3.06. The summed E-state index contributed by atoms with van der Waals surface area (Å²) in [4.78, 5) is 37.2. The lowest BCUT2D eigenvalue weighted by molar-refractivity contribution is -0.384. The third kappa shape index (κ3) is 3.56. The normalized spacial score (nSPS) is 31.4. The number of nitro benzene ring substituents is 1. The van der Waals surface area contributed by atoms with Gasteiger partial charge in [-0.25, -0.2) is 4.79 Å². The number of carbonyl (C=O) groups excluding carboxylic acids is 2. The van der Waals surface area contributed by atoms with Crippen LogP contribution in [0.25, 0.3) is 0 Å². The van der Waals surface area contributed by atoms with Crippen molar-refractivity contribution in [3.05, 3.63) is 34.4 Å². The van der Waals surface area contributed by atoms with Gasteiger partial charge in [0.1, 0.15) is 11.9 Å². The van der Waals surface area contributed by atoms with Crippen molar-refractivity contribution < 1.29 is 24.0 Å². The summed E-state index contributed by atoms with van der Waals surface area (Å²) < 4.78 is 10.9. The van der Waals surface area contributed by atoms with Gasteiger partial charge < -0.3 is 14.4 Å². The molecule has 0 bridgehead atoms. The molecule has 4 rings (SSSR count). The van der Waals surface area contributed by atoms with E-state index in [1.807, 2.05) is 0 Å². The van der Waals surface area contributed by atoms with Gasteiger partial charge in [0.25, 0.3) is 5.69 Å². The molecular weight excluding hydrogens is 376 g/mol. The standard InChI is InChI=1S/C21H26N2O6/c1-14-17-4-2-5-19(24)22-13-3-11-21(17,22)12-10-18(14)29-20(25)28-16-8-6-15(7-9-16)23(26)27/h6-9,14,17-18H,2-5,10-13H2,1H3/t14-,17+,18+,21-/m0/s1. The van der Waals surface area contributed by atoms with Crippen molar-refractivity contribution in [2.45, 2.75) is 63.5 Å². The summed E-state index contributed by atoms with van der Waals surface area (Å²) in [6.45, 7) is 2.96. The maximum Gasteiger partial charge on any atom is 0.514 e. The van der Waals surface area contributed by atoms with Crippen LogP contribution in [-0.2, 0) is 9.53 Å². The molecule has 1 saturated carbocycles. The summed E-state index contributed by atoms with van der Waals surface area (Å²) in [6.07, 6.45) is 5.05. The smallest absolute Gasteiger partial charge is 0.430 e. The second kappa shape index (κ2) is 7.65. The van der Waals surface area contributed by atoms with Gasteiger partial charge in [0.2, 0.25) is 5.91 Å². The summed E-state index contributed by atoms with van der Waals surface area (Å²) in [5.74, 6) is 0.943. The molecule has 2 heterocycles. The second-order valence-corrected chi connectivity index (χ2v) is 8.41. The van der Waals surface area contributed by atoms with Crippen LogP contribution in [0, 0.1) is 22.0 Å². The van der Waals surface area contributed by atoms with Crippen molar-refractivity contribution in [3.63, 3.8) is 0 Å². The predicted octanol–water partition coefficient (Wildman–Crippen LogP) is 4.07. The first-order chi connectivity index (χ1) is 13.9. The van der Waals surface area contributed by atoms with Crippen molar-refractivity contribution in [2.24, 2.45) is 11.8 Å². The van der Waals surface area contributed by atoms with E-state index < -0.39 is 11.1 Å². The number of hydrogen-bond donors (Lipinski definition) is 0. The summed E-state index contributed by atoms with van der Waals surface area (Å²) in [6, 6.07) is 5.33. The van der Waals surface area contributed by atoms with Gasteiger partial charge in [-0.15, -0.1) is 0 Å². The fraction of sp³-hybridized carbons (Fsp3) is 0.619. The Kier molecular flexibility index (Phi) is 5.19. The lowest BCUT2D eigenvalue weighted by atomic mass is 9.64. The maximum atomic E-state index is 12.6. The molecule has 3 aliphatic rings. The van der Waals surface area contributed by atoms with Crippen LogP contribution in [0.1, 0.15) is 51.9 Å². The van der Waals surface area contributed by atoms with Crippen molar-refractivity contribution in [1.82, 2.24) is 4.90 Å². The van der Waals surface area contributed by atoms with Gasteiger partial charge in [0.15, 0.2) is 0 Å². The Balaban J connectivity index is 1.42. The van der Waals surface area contributed by atoms with Gasteiger partial charge in [-0.3, -0.25) is 14.9 Å². The van der Waals surface area contributed by atoms with E-state index in [0.29, 0.717) is 18.8 Å². The van der Waals surface area contributed by atoms with Crippen LogP contribution in [0.2, 0.25) is 0 Å². The van der Waals surface area contributed by atoms with Crippen LogP contribution in [0.5, 0.6) is 5.75 Å². The number of carbonyl (C=O) groups is 2. The van der Waals surface area contributed by atoms with Crippen molar-refractivity contribution in [2.75, 3.05) is 6.54 Å². The Labute approximate surface area is 169 Å². The fourth-order valence-electron chi connectivity index (χ4n) is 5.69. The molecule has 1 aromatic carbocycles. The molecule has 29 heavy (non-hydrogen) atoms. The molecule has 1 spiro atoms. The van der Waals surface area contributed by atoms with Crippen LogP contribution < -0.4 is 4.74 Å². The molecule has 156 valence electrons. The van der Waals surface area contributed by atoms with Gasteiger partial charge in [0.05, 0.1) is 4.92 Å². The predicted molar refractivity (Wildman–Crippen MR) is 103 cm³/mol. The van der Waals surface area contributed by atoms with E-state index >= 15 is 0 Å². The summed E-state index contributed by atoms with van der Waals surface area (Å²) in [7, 11) is 0. The molecule has 0 aromatic heterocycles. The van der Waals surface area contributed by atoms with Gasteiger partial charge in [-0.05, 0) is 62.5 Å². The monoisotopic (exact) mass is 402 g/mol. The van der Waals surface area contributed by atoms with E-state index in [4.69, 9.17) is 9.47 Å². The zero-order valence-electron chi connectivity index (χ0n) is 16.5. The van der Waals surface area contributed by atoms with Crippen molar-refractivity contribution >= 4 is 17.7 Å². The highest BCUT2D eigenvalue weighted by molar-refractivity contribution is 5.78. The van der Waals surface area contributed by atoms with E-state index in [9.17, 15) is 19.7 Å². The van der Waals surface area contributed by atoms with Gasteiger partial charge in [-0.2, -0.15) is 0 Å². The lowest BCUT2D eigenvalue weighted by Gasteiger charge is -2.51. The van der Waals surface area contributed by atoms with E-state index in [2.05, 4.69) is 11.8 Å². The number of non-ortho nitro benzene ring substituents is 1. The lowest BCUT2D eigenvalue weighted by Crippen LogP contribution is -2.57. The number of ether oxygens (including phenoxy) is 2. The minimum absolute atomic E-state index is 0.0686.